The van der Waals surface area contributed by atoms with Gasteiger partial charge in [0.25, 0.3) is 0 Å². The minimum absolute atomic E-state index is 0.252. The van der Waals surface area contributed by atoms with E-state index >= 15 is 0 Å². The average Bonchev–Trinajstić information content (AvgIpc) is 3.82. The molecule has 0 unspecified atom stereocenters. The van der Waals surface area contributed by atoms with Crippen LogP contribution in [0.5, 0.6) is 0 Å². The Labute approximate surface area is 307 Å². The van der Waals surface area contributed by atoms with Gasteiger partial charge in [0, 0.05) is 54.9 Å². The minimum Gasteiger partial charge on any atom is -0.307 e. The van der Waals surface area contributed by atoms with E-state index in [1.807, 2.05) is 0 Å². The molecule has 4 heteroatoms. The van der Waals surface area contributed by atoms with E-state index in [0.29, 0.717) is 5.82 Å². The van der Waals surface area contributed by atoms with Gasteiger partial charge in [-0.15, -0.1) is 0 Å². The van der Waals surface area contributed by atoms with Crippen LogP contribution in [0.2, 0.25) is 0 Å². The van der Waals surface area contributed by atoms with E-state index in [9.17, 15) is 0 Å². The Morgan fingerprint density at radius 1 is 0.434 bits per heavy atom. The number of nitrogens with zero attached hydrogens (tertiary/aromatic N) is 4. The lowest BCUT2D eigenvalue weighted by Gasteiger charge is -2.24. The summed E-state index contributed by atoms with van der Waals surface area (Å²) in [7, 11) is 0. The van der Waals surface area contributed by atoms with E-state index < -0.39 is 0 Å². The summed E-state index contributed by atoms with van der Waals surface area (Å²) in [4.78, 5) is 11.0. The molecule has 1 aliphatic rings. The van der Waals surface area contributed by atoms with Crippen LogP contribution in [0.4, 0.5) is 0 Å². The summed E-state index contributed by atoms with van der Waals surface area (Å²) in [6, 6.07) is 60.8. The van der Waals surface area contributed by atoms with Crippen molar-refractivity contribution >= 4 is 43.6 Å². The first-order chi connectivity index (χ1) is 26.1. The van der Waals surface area contributed by atoms with Crippen molar-refractivity contribution in [3.05, 3.63) is 181 Å². The van der Waals surface area contributed by atoms with Crippen molar-refractivity contribution in [2.45, 2.75) is 19.3 Å². The smallest absolute Gasteiger partial charge is 0.162 e. The van der Waals surface area contributed by atoms with Crippen molar-refractivity contribution < 1.29 is 0 Å². The number of aromatic nitrogens is 4. The van der Waals surface area contributed by atoms with Gasteiger partial charge in [-0.25, -0.2) is 9.97 Å². The molecule has 7 aromatic carbocycles. The van der Waals surface area contributed by atoms with Crippen LogP contribution in [0.25, 0.3) is 88.9 Å². The summed E-state index contributed by atoms with van der Waals surface area (Å²) in [5.41, 5.74) is 14.3. The fourth-order valence-electron chi connectivity index (χ4n) is 9.00. The monoisotopic (exact) mass is 678 g/mol. The third-order valence-electron chi connectivity index (χ3n) is 11.3. The number of rotatable bonds is 4. The summed E-state index contributed by atoms with van der Waals surface area (Å²) in [6.07, 6.45) is 0. The van der Waals surface area contributed by atoms with E-state index in [2.05, 4.69) is 193 Å². The van der Waals surface area contributed by atoms with Gasteiger partial charge in [0.1, 0.15) is 0 Å². The molecular formula is C49H34N4. The van der Waals surface area contributed by atoms with Crippen molar-refractivity contribution in [3.8, 4) is 45.3 Å². The van der Waals surface area contributed by atoms with E-state index in [4.69, 9.17) is 9.97 Å². The second-order valence-corrected chi connectivity index (χ2v) is 14.6. The molecule has 0 radical (unpaired) electrons. The Hall–Kier alpha value is -6.78. The molecular weight excluding hydrogens is 645 g/mol. The molecule has 3 aromatic heterocycles. The first-order valence-corrected chi connectivity index (χ1v) is 18.3. The lowest BCUT2D eigenvalue weighted by Crippen LogP contribution is -2.17. The third kappa shape index (κ3) is 4.18. The SMILES string of the molecule is CC1(C)c2ccccc2-c2nc(-c3ccccc3-n3c4ccccc4c4ccc5c6ccccc6n(-c6ccccc6)c5c43)nc(-c3ccccc3)c21. The normalized spacial score (nSPS) is 13.2. The molecule has 0 spiro atoms. The maximum Gasteiger partial charge on any atom is 0.162 e. The van der Waals surface area contributed by atoms with E-state index in [0.717, 1.165) is 44.9 Å². The molecule has 4 nitrogen and oxygen atoms in total. The molecule has 0 saturated carbocycles. The van der Waals surface area contributed by atoms with Gasteiger partial charge in [-0.1, -0.05) is 147 Å². The summed E-state index contributed by atoms with van der Waals surface area (Å²) < 4.78 is 4.89. The molecule has 0 bridgehead atoms. The molecule has 0 aliphatic heterocycles. The molecule has 0 fully saturated rings. The Morgan fingerprint density at radius 3 is 1.68 bits per heavy atom. The maximum atomic E-state index is 5.53. The highest BCUT2D eigenvalue weighted by Gasteiger charge is 2.40. The van der Waals surface area contributed by atoms with Crippen molar-refractivity contribution in [1.82, 2.24) is 19.1 Å². The predicted molar refractivity (Wildman–Crippen MR) is 219 cm³/mol. The highest BCUT2D eigenvalue weighted by molar-refractivity contribution is 6.24. The van der Waals surface area contributed by atoms with Gasteiger partial charge in [-0.2, -0.15) is 0 Å². The van der Waals surface area contributed by atoms with Gasteiger partial charge in [0.15, 0.2) is 5.82 Å². The third-order valence-corrected chi connectivity index (χ3v) is 11.3. The first kappa shape index (κ1) is 29.9. The van der Waals surface area contributed by atoms with Crippen LogP contribution in [-0.4, -0.2) is 19.1 Å². The van der Waals surface area contributed by atoms with Gasteiger partial charge in [-0.3, -0.25) is 0 Å². The fraction of sp³-hybridized carbons (Fsp3) is 0.0612. The maximum absolute atomic E-state index is 5.53. The largest absolute Gasteiger partial charge is 0.307 e. The molecule has 0 amide bonds. The Balaban J connectivity index is 1.28. The van der Waals surface area contributed by atoms with Gasteiger partial charge in [0.2, 0.25) is 0 Å². The van der Waals surface area contributed by atoms with Crippen LogP contribution >= 0.6 is 0 Å². The fourth-order valence-corrected chi connectivity index (χ4v) is 9.00. The highest BCUT2D eigenvalue weighted by Crippen LogP contribution is 2.52. The number of benzene rings is 7. The van der Waals surface area contributed by atoms with Crippen molar-refractivity contribution in [2.24, 2.45) is 0 Å². The molecule has 250 valence electrons. The lowest BCUT2D eigenvalue weighted by atomic mass is 9.81. The zero-order valence-electron chi connectivity index (χ0n) is 29.5. The average molecular weight is 679 g/mol. The second kappa shape index (κ2) is 11.1. The molecule has 0 N–H and O–H groups in total. The summed E-state index contributed by atoms with van der Waals surface area (Å²) in [6.45, 7) is 4.60. The van der Waals surface area contributed by atoms with Crippen molar-refractivity contribution in [1.29, 1.82) is 0 Å². The lowest BCUT2D eigenvalue weighted by molar-refractivity contribution is 0.658. The van der Waals surface area contributed by atoms with Crippen LogP contribution in [0.15, 0.2) is 170 Å². The van der Waals surface area contributed by atoms with Crippen molar-refractivity contribution in [2.75, 3.05) is 0 Å². The molecule has 3 heterocycles. The van der Waals surface area contributed by atoms with Gasteiger partial charge < -0.3 is 9.13 Å². The predicted octanol–water partition coefficient (Wildman–Crippen LogP) is 12.3. The molecule has 1 aliphatic carbocycles. The zero-order valence-corrected chi connectivity index (χ0v) is 29.5. The van der Waals surface area contributed by atoms with Gasteiger partial charge in [0.05, 0.1) is 39.1 Å². The van der Waals surface area contributed by atoms with E-state index in [1.54, 1.807) is 0 Å². The Morgan fingerprint density at radius 2 is 0.962 bits per heavy atom. The summed E-state index contributed by atoms with van der Waals surface area (Å²) in [5, 5.41) is 4.87. The first-order valence-electron chi connectivity index (χ1n) is 18.3. The summed E-state index contributed by atoms with van der Waals surface area (Å²) in [5.74, 6) is 0.715. The highest BCUT2D eigenvalue weighted by atomic mass is 15.1. The number of para-hydroxylation sites is 4. The second-order valence-electron chi connectivity index (χ2n) is 14.6. The molecule has 0 saturated heterocycles. The molecule has 0 atom stereocenters. The standard InChI is InChI=1S/C49H34N4/c1-49(2)39-25-13-9-23-37(39)45-43(49)44(31-17-5-3-6-18-31)50-48(51-45)38-24-12-16-28-42(38)53-41-27-15-11-22-34(41)36-30-29-35-33-21-10-14-26-40(33)52(46(35)47(36)53)32-19-7-4-8-20-32/h3-30H,1-2H3. The molecule has 53 heavy (non-hydrogen) atoms. The van der Waals surface area contributed by atoms with Crippen LogP contribution in [0.3, 0.4) is 0 Å². The molecule has 10 aromatic rings. The zero-order chi connectivity index (χ0) is 35.3. The quantitative estimate of drug-likeness (QED) is 0.186. The van der Waals surface area contributed by atoms with E-state index in [1.165, 1.54) is 49.3 Å². The van der Waals surface area contributed by atoms with Crippen LogP contribution in [0.1, 0.15) is 25.0 Å². The minimum atomic E-state index is -0.252. The molecule has 11 rings (SSSR count). The summed E-state index contributed by atoms with van der Waals surface area (Å²) >= 11 is 0. The Bertz CT molecular complexity index is 3080. The van der Waals surface area contributed by atoms with Crippen molar-refractivity contribution in [3.63, 3.8) is 0 Å². The van der Waals surface area contributed by atoms with Crippen LogP contribution in [0, 0.1) is 0 Å². The Kier molecular flexibility index (Phi) is 6.27. The number of fused-ring (bicyclic) bond motifs is 10. The van der Waals surface area contributed by atoms with Gasteiger partial charge in [-0.05, 0) is 42.0 Å². The van der Waals surface area contributed by atoms with E-state index in [-0.39, 0.29) is 5.41 Å². The van der Waals surface area contributed by atoms with Gasteiger partial charge >= 0.3 is 0 Å². The van der Waals surface area contributed by atoms with Crippen LogP contribution < -0.4 is 0 Å². The topological polar surface area (TPSA) is 35.6 Å². The number of hydrogen-bond acceptors (Lipinski definition) is 2. The van der Waals surface area contributed by atoms with Crippen LogP contribution in [-0.2, 0) is 5.41 Å². The number of hydrogen-bond donors (Lipinski definition) is 0.